The van der Waals surface area contributed by atoms with Gasteiger partial charge < -0.3 is 20.1 Å². The van der Waals surface area contributed by atoms with Crippen LogP contribution in [-0.2, 0) is 19.1 Å². The fourth-order valence-corrected chi connectivity index (χ4v) is 7.37. The van der Waals surface area contributed by atoms with Gasteiger partial charge in [0.25, 0.3) is 0 Å². The average molecular weight is 384 g/mol. The molecule has 8 heteroatoms. The number of β-amino-alcohol motifs (C(OH)–C–C–N with tert-alkyl or cyclic N) is 1. The molecule has 0 aliphatic carbocycles. The molecular formula is C18H28N2O5S. The number of nitrogens with one attached hydrogen (secondary N) is 1. The summed E-state index contributed by atoms with van der Waals surface area (Å²) in [5.41, 5.74) is 0. The van der Waals surface area contributed by atoms with Gasteiger partial charge in [0.05, 0.1) is 29.8 Å². The largest absolute Gasteiger partial charge is 0.466 e. The molecule has 26 heavy (non-hydrogen) atoms. The second-order valence-corrected chi connectivity index (χ2v) is 9.79. The van der Waals surface area contributed by atoms with Crippen LogP contribution in [0.1, 0.15) is 40.5 Å². The van der Waals surface area contributed by atoms with Crippen LogP contribution < -0.4 is 5.32 Å². The summed E-state index contributed by atoms with van der Waals surface area (Å²) in [6.45, 7) is 7.66. The molecule has 0 saturated carbocycles. The molecule has 3 aliphatic heterocycles. The van der Waals surface area contributed by atoms with Gasteiger partial charge in [-0.25, -0.2) is 0 Å². The molecule has 0 radical (unpaired) electrons. The Morgan fingerprint density at radius 1 is 1.42 bits per heavy atom. The number of esters is 1. The van der Waals surface area contributed by atoms with Crippen molar-refractivity contribution in [3.63, 3.8) is 0 Å². The highest BCUT2D eigenvalue weighted by Crippen LogP contribution is 2.71. The van der Waals surface area contributed by atoms with E-state index in [1.165, 1.54) is 4.90 Å². The van der Waals surface area contributed by atoms with Gasteiger partial charge in [-0.05, 0) is 40.5 Å². The van der Waals surface area contributed by atoms with E-state index in [4.69, 9.17) is 4.74 Å². The number of carbonyl (C=O) groups excluding carboxylic acids is 3. The van der Waals surface area contributed by atoms with E-state index in [0.29, 0.717) is 6.42 Å². The summed E-state index contributed by atoms with van der Waals surface area (Å²) in [7, 11) is 0. The fourth-order valence-electron chi connectivity index (χ4n) is 5.03. The van der Waals surface area contributed by atoms with Crippen LogP contribution in [0.2, 0.25) is 0 Å². The van der Waals surface area contributed by atoms with Crippen molar-refractivity contribution in [2.24, 2.45) is 11.8 Å². The minimum Gasteiger partial charge on any atom is -0.466 e. The Hall–Kier alpha value is -1.28. The number of amides is 2. The van der Waals surface area contributed by atoms with Crippen molar-refractivity contribution in [3.8, 4) is 0 Å². The molecule has 3 aliphatic rings. The Kier molecular flexibility index (Phi) is 5.03. The van der Waals surface area contributed by atoms with Crippen molar-refractivity contribution in [2.45, 2.75) is 62.1 Å². The molecule has 3 rings (SSSR count). The van der Waals surface area contributed by atoms with E-state index in [9.17, 15) is 19.5 Å². The summed E-state index contributed by atoms with van der Waals surface area (Å²) < 4.78 is 4.26. The van der Waals surface area contributed by atoms with Gasteiger partial charge in [-0.15, -0.1) is 11.8 Å². The Labute approximate surface area is 158 Å². The predicted molar refractivity (Wildman–Crippen MR) is 97.4 cm³/mol. The quantitative estimate of drug-likeness (QED) is 0.649. The summed E-state index contributed by atoms with van der Waals surface area (Å²) in [6, 6.07) is -0.718. The molecule has 7 nitrogen and oxygen atoms in total. The van der Waals surface area contributed by atoms with Crippen LogP contribution in [0, 0.1) is 11.8 Å². The van der Waals surface area contributed by atoms with Gasteiger partial charge in [0.1, 0.15) is 6.04 Å². The molecule has 2 unspecified atom stereocenters. The molecule has 1 spiro atoms. The summed E-state index contributed by atoms with van der Waals surface area (Å²) >= 11 is 1.61. The topological polar surface area (TPSA) is 95.9 Å². The van der Waals surface area contributed by atoms with Gasteiger partial charge in [0.2, 0.25) is 11.8 Å². The van der Waals surface area contributed by atoms with Crippen LogP contribution in [0.25, 0.3) is 0 Å². The number of carbonyl (C=O) groups is 3. The third-order valence-corrected chi connectivity index (χ3v) is 7.82. The average Bonchev–Trinajstić information content (AvgIpc) is 3.09. The Morgan fingerprint density at radius 2 is 2.12 bits per heavy atom. The number of thioether (sulfide) groups is 1. The van der Waals surface area contributed by atoms with Gasteiger partial charge in [-0.3, -0.25) is 14.4 Å². The third-order valence-electron chi connectivity index (χ3n) is 5.84. The lowest BCUT2D eigenvalue weighted by molar-refractivity contribution is -0.155. The third kappa shape index (κ3) is 2.64. The number of nitrogens with zero attached hydrogens (tertiary/aromatic N) is 1. The predicted octanol–water partition coefficient (Wildman–Crippen LogP) is 0.548. The first-order valence-electron chi connectivity index (χ1n) is 9.30. The number of likely N-dealkylation sites (tertiary alicyclic amines) is 1. The van der Waals surface area contributed by atoms with E-state index < -0.39 is 27.4 Å². The lowest BCUT2D eigenvalue weighted by atomic mass is 9.66. The number of ether oxygens (including phenoxy) is 1. The van der Waals surface area contributed by atoms with Gasteiger partial charge in [-0.1, -0.05) is 0 Å². The monoisotopic (exact) mass is 384 g/mol. The SMILES string of the molecule is CCOC(=O)[C@H]1[C@H]2C(=O)N(CCO)C(C(=O)NC(C)C)C23CC[C@]1(C)S3. The van der Waals surface area contributed by atoms with Crippen LogP contribution in [0.5, 0.6) is 0 Å². The van der Waals surface area contributed by atoms with Gasteiger partial charge in [0, 0.05) is 17.3 Å². The molecule has 146 valence electrons. The maximum Gasteiger partial charge on any atom is 0.311 e. The first-order chi connectivity index (χ1) is 12.2. The van der Waals surface area contributed by atoms with E-state index in [2.05, 4.69) is 5.32 Å². The zero-order valence-corrected chi connectivity index (χ0v) is 16.6. The smallest absolute Gasteiger partial charge is 0.311 e. The Morgan fingerprint density at radius 3 is 2.69 bits per heavy atom. The molecule has 0 aromatic heterocycles. The van der Waals surface area contributed by atoms with E-state index in [1.807, 2.05) is 20.8 Å². The van der Waals surface area contributed by atoms with Gasteiger partial charge in [0.15, 0.2) is 0 Å². The van der Waals surface area contributed by atoms with Crippen molar-refractivity contribution in [3.05, 3.63) is 0 Å². The highest BCUT2D eigenvalue weighted by atomic mass is 32.2. The first-order valence-corrected chi connectivity index (χ1v) is 10.1. The van der Waals surface area contributed by atoms with Crippen LogP contribution in [0.15, 0.2) is 0 Å². The number of hydrogen-bond donors (Lipinski definition) is 2. The molecule has 0 aromatic carbocycles. The van der Waals surface area contributed by atoms with Crippen LogP contribution >= 0.6 is 11.8 Å². The lowest BCUT2D eigenvalue weighted by Gasteiger charge is -2.34. The van der Waals surface area contributed by atoms with Crippen molar-refractivity contribution in [2.75, 3.05) is 19.8 Å². The summed E-state index contributed by atoms with van der Waals surface area (Å²) in [4.78, 5) is 40.4. The normalized spacial score (nSPS) is 38.0. The fraction of sp³-hybridized carbons (Fsp3) is 0.833. The molecule has 2 N–H and O–H groups in total. The highest BCUT2D eigenvalue weighted by molar-refractivity contribution is 8.02. The van der Waals surface area contributed by atoms with Crippen LogP contribution in [-0.4, -0.2) is 69.1 Å². The molecule has 5 atom stereocenters. The zero-order chi connectivity index (χ0) is 19.3. The second kappa shape index (κ2) is 6.71. The molecule has 3 saturated heterocycles. The molecule has 0 aromatic rings. The second-order valence-electron chi connectivity index (χ2n) is 7.90. The summed E-state index contributed by atoms with van der Waals surface area (Å²) in [6.07, 6.45) is 1.47. The number of rotatable bonds is 6. The highest BCUT2D eigenvalue weighted by Gasteiger charge is 2.77. The molecular weight excluding hydrogens is 356 g/mol. The van der Waals surface area contributed by atoms with Crippen molar-refractivity contribution >= 4 is 29.5 Å². The summed E-state index contributed by atoms with van der Waals surface area (Å²) in [5.74, 6) is -1.88. The zero-order valence-electron chi connectivity index (χ0n) is 15.8. The number of aliphatic hydroxyl groups is 1. The maximum atomic E-state index is 13.2. The molecule has 2 bridgehead atoms. The standard InChI is InChI=1S/C18H28N2O5S/c1-5-25-16(24)12-11-15(23)20(8-9-21)13(14(22)19-10(2)3)18(11)7-6-17(12,4)26-18/h10-13,21H,5-9H2,1-4H3,(H,19,22)/t11-,12+,13?,17-,18?/m0/s1. The van der Waals surface area contributed by atoms with Gasteiger partial charge >= 0.3 is 5.97 Å². The van der Waals surface area contributed by atoms with Crippen molar-refractivity contribution in [1.29, 1.82) is 0 Å². The van der Waals surface area contributed by atoms with Crippen LogP contribution in [0.3, 0.4) is 0 Å². The number of aliphatic hydroxyl groups excluding tert-OH is 1. The lowest BCUT2D eigenvalue weighted by Crippen LogP contribution is -2.55. The van der Waals surface area contributed by atoms with Gasteiger partial charge in [-0.2, -0.15) is 0 Å². The number of hydrogen-bond acceptors (Lipinski definition) is 6. The van der Waals surface area contributed by atoms with Crippen LogP contribution in [0.4, 0.5) is 0 Å². The van der Waals surface area contributed by atoms with E-state index in [1.54, 1.807) is 18.7 Å². The maximum absolute atomic E-state index is 13.2. The minimum atomic E-state index is -0.666. The first kappa shape index (κ1) is 19.5. The number of fused-ring (bicyclic) bond motifs is 1. The minimum absolute atomic E-state index is 0.0518. The Bertz CT molecular complexity index is 627. The Balaban J connectivity index is 2.03. The van der Waals surface area contributed by atoms with E-state index in [-0.39, 0.29) is 43.6 Å². The summed E-state index contributed by atoms with van der Waals surface area (Å²) in [5, 5.41) is 12.4. The van der Waals surface area contributed by atoms with E-state index in [0.717, 1.165) is 6.42 Å². The van der Waals surface area contributed by atoms with E-state index >= 15 is 0 Å². The molecule has 3 fully saturated rings. The van der Waals surface area contributed by atoms with Crippen molar-refractivity contribution in [1.82, 2.24) is 10.2 Å². The molecule has 3 heterocycles. The molecule has 2 amide bonds. The van der Waals surface area contributed by atoms with Crippen molar-refractivity contribution < 1.29 is 24.2 Å².